The maximum Gasteiger partial charge on any atom is 0.416 e. The van der Waals surface area contributed by atoms with Crippen molar-refractivity contribution in [3.8, 4) is 10.6 Å². The summed E-state index contributed by atoms with van der Waals surface area (Å²) >= 11 is 4.72. The van der Waals surface area contributed by atoms with Crippen LogP contribution in [0.1, 0.15) is 10.4 Å². The van der Waals surface area contributed by atoms with Crippen LogP contribution in [0.3, 0.4) is 0 Å². The third kappa shape index (κ3) is 2.69. The first-order chi connectivity index (χ1) is 7.88. The highest BCUT2D eigenvalue weighted by molar-refractivity contribution is 9.10. The number of hydrogen-bond acceptors (Lipinski definition) is 2. The van der Waals surface area contributed by atoms with Gasteiger partial charge in [0.05, 0.1) is 5.56 Å². The highest BCUT2D eigenvalue weighted by atomic mass is 79.9. The molecule has 17 heavy (non-hydrogen) atoms. The van der Waals surface area contributed by atoms with E-state index in [-0.39, 0.29) is 0 Å². The fraction of sp³-hybridized carbons (Fsp3) is 0.182. The molecule has 2 aromatic rings. The zero-order valence-electron chi connectivity index (χ0n) is 8.68. The van der Waals surface area contributed by atoms with Gasteiger partial charge in [-0.15, -0.1) is 11.3 Å². The second-order valence-corrected chi connectivity index (χ2v) is 5.40. The third-order valence-electron chi connectivity index (χ3n) is 2.20. The van der Waals surface area contributed by atoms with E-state index in [0.29, 0.717) is 10.6 Å². The Morgan fingerprint density at radius 3 is 2.18 bits per heavy atom. The standard InChI is InChI=1S/C11H7BrF3NS/c1-6-9(12)16-10(17-6)7-2-4-8(5-3-7)11(13,14)15/h2-5H,1H3. The maximum atomic E-state index is 12.4. The van der Waals surface area contributed by atoms with Crippen LogP contribution in [0.25, 0.3) is 10.6 Å². The largest absolute Gasteiger partial charge is 0.416 e. The average Bonchev–Trinajstić information content (AvgIpc) is 2.58. The van der Waals surface area contributed by atoms with Gasteiger partial charge in [-0.25, -0.2) is 4.98 Å². The Labute approximate surface area is 108 Å². The number of benzene rings is 1. The molecule has 0 saturated carbocycles. The number of aryl methyl sites for hydroxylation is 1. The molecule has 0 unspecified atom stereocenters. The SMILES string of the molecule is Cc1sc(-c2ccc(C(F)(F)F)cc2)nc1Br. The van der Waals surface area contributed by atoms with Crippen LogP contribution >= 0.6 is 27.3 Å². The summed E-state index contributed by atoms with van der Waals surface area (Å²) in [7, 11) is 0. The van der Waals surface area contributed by atoms with Crippen molar-refractivity contribution in [2.45, 2.75) is 13.1 Å². The van der Waals surface area contributed by atoms with Crippen LogP contribution in [0.15, 0.2) is 28.9 Å². The lowest BCUT2D eigenvalue weighted by molar-refractivity contribution is -0.137. The molecule has 0 aliphatic rings. The highest BCUT2D eigenvalue weighted by Crippen LogP contribution is 2.33. The maximum absolute atomic E-state index is 12.4. The summed E-state index contributed by atoms with van der Waals surface area (Å²) in [4.78, 5) is 5.23. The quantitative estimate of drug-likeness (QED) is 0.728. The molecule has 0 radical (unpaired) electrons. The summed E-state index contributed by atoms with van der Waals surface area (Å²) in [6, 6.07) is 5.01. The molecule has 0 aliphatic heterocycles. The molecule has 0 bridgehead atoms. The van der Waals surface area contributed by atoms with Crippen LogP contribution in [0.4, 0.5) is 13.2 Å². The lowest BCUT2D eigenvalue weighted by atomic mass is 10.1. The number of aromatic nitrogens is 1. The number of hydrogen-bond donors (Lipinski definition) is 0. The number of halogens is 4. The molecular weight excluding hydrogens is 315 g/mol. The van der Waals surface area contributed by atoms with Crippen molar-refractivity contribution in [2.24, 2.45) is 0 Å². The topological polar surface area (TPSA) is 12.9 Å². The second-order valence-electron chi connectivity index (χ2n) is 3.44. The first kappa shape index (κ1) is 12.6. The predicted octanol–water partition coefficient (Wildman–Crippen LogP) is 4.90. The monoisotopic (exact) mass is 321 g/mol. The molecule has 2 rings (SSSR count). The van der Waals surface area contributed by atoms with Gasteiger partial charge >= 0.3 is 6.18 Å². The van der Waals surface area contributed by atoms with Crippen LogP contribution in [0.2, 0.25) is 0 Å². The van der Waals surface area contributed by atoms with E-state index in [4.69, 9.17) is 0 Å². The van der Waals surface area contributed by atoms with Crippen LogP contribution in [0.5, 0.6) is 0 Å². The Balaban J connectivity index is 2.36. The molecule has 0 atom stereocenters. The van der Waals surface area contributed by atoms with Crippen molar-refractivity contribution < 1.29 is 13.2 Å². The molecule has 0 fully saturated rings. The molecule has 1 aromatic heterocycles. The number of rotatable bonds is 1. The van der Waals surface area contributed by atoms with E-state index in [1.54, 1.807) is 0 Å². The van der Waals surface area contributed by atoms with Gasteiger partial charge < -0.3 is 0 Å². The van der Waals surface area contributed by atoms with Gasteiger partial charge in [0.1, 0.15) is 9.61 Å². The van der Waals surface area contributed by atoms with E-state index in [9.17, 15) is 13.2 Å². The van der Waals surface area contributed by atoms with E-state index in [1.807, 2.05) is 6.92 Å². The smallest absolute Gasteiger partial charge is 0.229 e. The van der Waals surface area contributed by atoms with Gasteiger partial charge in [0, 0.05) is 10.4 Å². The zero-order valence-corrected chi connectivity index (χ0v) is 11.1. The van der Waals surface area contributed by atoms with Crippen molar-refractivity contribution in [3.05, 3.63) is 39.3 Å². The molecule has 90 valence electrons. The molecule has 0 amide bonds. The van der Waals surface area contributed by atoms with Gasteiger partial charge in [-0.3, -0.25) is 0 Å². The van der Waals surface area contributed by atoms with Crippen molar-refractivity contribution in [1.82, 2.24) is 4.98 Å². The Morgan fingerprint density at radius 2 is 1.76 bits per heavy atom. The summed E-state index contributed by atoms with van der Waals surface area (Å²) in [5, 5.41) is 0.711. The summed E-state index contributed by atoms with van der Waals surface area (Å²) in [6.07, 6.45) is -4.29. The lowest BCUT2D eigenvalue weighted by Crippen LogP contribution is -2.03. The number of alkyl halides is 3. The number of nitrogens with zero attached hydrogens (tertiary/aromatic N) is 1. The molecule has 1 nitrogen and oxygen atoms in total. The van der Waals surface area contributed by atoms with Gasteiger partial charge in [0.25, 0.3) is 0 Å². The Morgan fingerprint density at radius 1 is 1.18 bits per heavy atom. The van der Waals surface area contributed by atoms with Crippen molar-refractivity contribution in [1.29, 1.82) is 0 Å². The summed E-state index contributed by atoms with van der Waals surface area (Å²) < 4.78 is 37.8. The van der Waals surface area contributed by atoms with Gasteiger partial charge in [0.2, 0.25) is 0 Å². The molecule has 0 N–H and O–H groups in total. The molecular formula is C11H7BrF3NS. The lowest BCUT2D eigenvalue weighted by Gasteiger charge is -2.06. The first-order valence-electron chi connectivity index (χ1n) is 4.68. The highest BCUT2D eigenvalue weighted by Gasteiger charge is 2.30. The average molecular weight is 322 g/mol. The normalized spacial score (nSPS) is 11.8. The van der Waals surface area contributed by atoms with Crippen molar-refractivity contribution in [2.75, 3.05) is 0 Å². The summed E-state index contributed by atoms with van der Waals surface area (Å²) in [5.41, 5.74) is 0.0467. The van der Waals surface area contributed by atoms with Gasteiger partial charge in [0.15, 0.2) is 0 Å². The van der Waals surface area contributed by atoms with E-state index in [0.717, 1.165) is 21.6 Å². The Bertz CT molecular complexity index is 511. The third-order valence-corrected chi connectivity index (χ3v) is 4.25. The van der Waals surface area contributed by atoms with Crippen LogP contribution in [-0.2, 0) is 6.18 Å². The predicted molar refractivity (Wildman–Crippen MR) is 65.0 cm³/mol. The molecule has 1 heterocycles. The minimum atomic E-state index is -4.29. The van der Waals surface area contributed by atoms with Crippen LogP contribution < -0.4 is 0 Å². The van der Waals surface area contributed by atoms with Gasteiger partial charge in [-0.05, 0) is 35.0 Å². The van der Waals surface area contributed by atoms with E-state index < -0.39 is 11.7 Å². The number of thiazole rings is 1. The van der Waals surface area contributed by atoms with E-state index in [1.165, 1.54) is 23.5 Å². The minimum absolute atomic E-state index is 0.645. The fourth-order valence-corrected chi connectivity index (χ4v) is 2.65. The Kier molecular flexibility index (Phi) is 3.27. The molecule has 0 spiro atoms. The van der Waals surface area contributed by atoms with Crippen LogP contribution in [-0.4, -0.2) is 4.98 Å². The molecule has 0 aliphatic carbocycles. The minimum Gasteiger partial charge on any atom is -0.229 e. The second kappa shape index (κ2) is 4.42. The fourth-order valence-electron chi connectivity index (χ4n) is 1.30. The van der Waals surface area contributed by atoms with Crippen LogP contribution in [0, 0.1) is 6.92 Å². The Hall–Kier alpha value is -0.880. The van der Waals surface area contributed by atoms with Gasteiger partial charge in [-0.1, -0.05) is 12.1 Å². The molecule has 1 aromatic carbocycles. The molecule has 0 saturated heterocycles. The van der Waals surface area contributed by atoms with Crippen molar-refractivity contribution in [3.63, 3.8) is 0 Å². The van der Waals surface area contributed by atoms with E-state index >= 15 is 0 Å². The summed E-state index contributed by atoms with van der Waals surface area (Å²) in [5.74, 6) is 0. The van der Waals surface area contributed by atoms with Crippen molar-refractivity contribution >= 4 is 27.3 Å². The van der Waals surface area contributed by atoms with Gasteiger partial charge in [-0.2, -0.15) is 13.2 Å². The summed E-state index contributed by atoms with van der Waals surface area (Å²) in [6.45, 7) is 1.90. The zero-order chi connectivity index (χ0) is 12.6. The first-order valence-corrected chi connectivity index (χ1v) is 6.29. The van der Waals surface area contributed by atoms with E-state index in [2.05, 4.69) is 20.9 Å². The molecule has 6 heteroatoms.